The van der Waals surface area contributed by atoms with Gasteiger partial charge in [-0.15, -0.1) is 0 Å². The summed E-state index contributed by atoms with van der Waals surface area (Å²) >= 11 is 0. The molecular formula is C17H26N2O2. The number of carbonyl (C=O) groups excluding carboxylic acids is 2. The van der Waals surface area contributed by atoms with Gasteiger partial charge < -0.3 is 10.6 Å². The molecule has 2 N–H and O–H groups in total. The van der Waals surface area contributed by atoms with Gasteiger partial charge in [0.05, 0.1) is 0 Å². The van der Waals surface area contributed by atoms with Crippen molar-refractivity contribution in [1.29, 1.82) is 0 Å². The molecule has 1 aromatic rings. The summed E-state index contributed by atoms with van der Waals surface area (Å²) < 4.78 is 0. The Hall–Kier alpha value is -1.84. The van der Waals surface area contributed by atoms with Crippen molar-refractivity contribution in [3.8, 4) is 0 Å². The SMILES string of the molecule is CC(=O)NCCCNC(=O)CCCc1ccc(C)c(C)c1. The second-order valence-corrected chi connectivity index (χ2v) is 5.46. The van der Waals surface area contributed by atoms with E-state index in [9.17, 15) is 9.59 Å². The van der Waals surface area contributed by atoms with Crippen molar-refractivity contribution >= 4 is 11.8 Å². The van der Waals surface area contributed by atoms with Crippen molar-refractivity contribution in [2.45, 2.75) is 46.5 Å². The number of hydrogen-bond acceptors (Lipinski definition) is 2. The molecule has 0 radical (unpaired) electrons. The van der Waals surface area contributed by atoms with Gasteiger partial charge in [0.2, 0.25) is 11.8 Å². The predicted molar refractivity (Wildman–Crippen MR) is 85.2 cm³/mol. The van der Waals surface area contributed by atoms with E-state index in [2.05, 4.69) is 42.7 Å². The van der Waals surface area contributed by atoms with Crippen LogP contribution in [0.4, 0.5) is 0 Å². The molecule has 0 aromatic heterocycles. The summed E-state index contributed by atoms with van der Waals surface area (Å²) in [6.07, 6.45) is 3.11. The summed E-state index contributed by atoms with van der Waals surface area (Å²) in [5.41, 5.74) is 3.89. The number of rotatable bonds is 8. The van der Waals surface area contributed by atoms with Crippen LogP contribution in [0.3, 0.4) is 0 Å². The van der Waals surface area contributed by atoms with Crippen molar-refractivity contribution < 1.29 is 9.59 Å². The van der Waals surface area contributed by atoms with Gasteiger partial charge in [-0.1, -0.05) is 18.2 Å². The van der Waals surface area contributed by atoms with Crippen molar-refractivity contribution in [3.05, 3.63) is 34.9 Å². The second kappa shape index (κ2) is 9.16. The van der Waals surface area contributed by atoms with Crippen LogP contribution in [-0.2, 0) is 16.0 Å². The molecular weight excluding hydrogens is 264 g/mol. The Labute approximate surface area is 127 Å². The molecule has 0 aliphatic carbocycles. The number of amides is 2. The zero-order chi connectivity index (χ0) is 15.7. The molecule has 116 valence electrons. The number of aryl methyl sites for hydroxylation is 3. The fourth-order valence-corrected chi connectivity index (χ4v) is 2.08. The van der Waals surface area contributed by atoms with Crippen LogP contribution in [0.2, 0.25) is 0 Å². The minimum absolute atomic E-state index is 0.0327. The highest BCUT2D eigenvalue weighted by atomic mass is 16.2. The number of hydrogen-bond donors (Lipinski definition) is 2. The molecule has 0 spiro atoms. The van der Waals surface area contributed by atoms with E-state index in [0.29, 0.717) is 19.5 Å². The van der Waals surface area contributed by atoms with Gasteiger partial charge in [-0.3, -0.25) is 9.59 Å². The molecule has 0 aliphatic heterocycles. The Morgan fingerprint density at radius 3 is 2.38 bits per heavy atom. The topological polar surface area (TPSA) is 58.2 Å². The van der Waals surface area contributed by atoms with Crippen molar-refractivity contribution in [1.82, 2.24) is 10.6 Å². The third kappa shape index (κ3) is 7.49. The number of nitrogens with one attached hydrogen (secondary N) is 2. The molecule has 0 heterocycles. The Balaban J connectivity index is 2.13. The first-order chi connectivity index (χ1) is 9.99. The summed E-state index contributed by atoms with van der Waals surface area (Å²) in [7, 11) is 0. The fraction of sp³-hybridized carbons (Fsp3) is 0.529. The van der Waals surface area contributed by atoms with Crippen molar-refractivity contribution in [2.24, 2.45) is 0 Å². The van der Waals surface area contributed by atoms with E-state index >= 15 is 0 Å². The molecule has 0 saturated heterocycles. The smallest absolute Gasteiger partial charge is 0.220 e. The fourth-order valence-electron chi connectivity index (χ4n) is 2.08. The van der Waals surface area contributed by atoms with Crippen LogP contribution < -0.4 is 10.6 Å². The Morgan fingerprint density at radius 1 is 1.00 bits per heavy atom. The van der Waals surface area contributed by atoms with Gasteiger partial charge in [-0.25, -0.2) is 0 Å². The molecule has 0 bridgehead atoms. The van der Waals surface area contributed by atoms with E-state index in [1.165, 1.54) is 23.6 Å². The first-order valence-electron chi connectivity index (χ1n) is 7.56. The molecule has 0 saturated carbocycles. The van der Waals surface area contributed by atoms with E-state index in [4.69, 9.17) is 0 Å². The van der Waals surface area contributed by atoms with Gasteiger partial charge in [0.15, 0.2) is 0 Å². The predicted octanol–water partition coefficient (Wildman–Crippen LogP) is 2.27. The largest absolute Gasteiger partial charge is 0.356 e. The molecule has 4 nitrogen and oxygen atoms in total. The van der Waals surface area contributed by atoms with E-state index in [-0.39, 0.29) is 11.8 Å². The monoisotopic (exact) mass is 290 g/mol. The van der Waals surface area contributed by atoms with Crippen LogP contribution in [0, 0.1) is 13.8 Å². The molecule has 2 amide bonds. The van der Waals surface area contributed by atoms with Crippen molar-refractivity contribution in [3.63, 3.8) is 0 Å². The highest BCUT2D eigenvalue weighted by Gasteiger charge is 2.02. The van der Waals surface area contributed by atoms with E-state index in [0.717, 1.165) is 19.3 Å². The zero-order valence-corrected chi connectivity index (χ0v) is 13.3. The average Bonchev–Trinajstić information content (AvgIpc) is 2.42. The molecule has 0 aliphatic rings. The van der Waals surface area contributed by atoms with Crippen LogP contribution in [0.15, 0.2) is 18.2 Å². The highest BCUT2D eigenvalue weighted by Crippen LogP contribution is 2.12. The maximum atomic E-state index is 11.7. The van der Waals surface area contributed by atoms with Crippen LogP contribution in [0.5, 0.6) is 0 Å². The third-order valence-corrected chi connectivity index (χ3v) is 3.49. The average molecular weight is 290 g/mol. The standard InChI is InChI=1S/C17H26N2O2/c1-13-8-9-16(12-14(13)2)6-4-7-17(21)19-11-5-10-18-15(3)20/h8-9,12H,4-7,10-11H2,1-3H3,(H,18,20)(H,19,21). The summed E-state index contributed by atoms with van der Waals surface area (Å²) in [6.45, 7) is 6.93. The lowest BCUT2D eigenvalue weighted by molar-refractivity contribution is -0.121. The van der Waals surface area contributed by atoms with Gasteiger partial charge in [-0.05, 0) is 49.8 Å². The maximum absolute atomic E-state index is 11.7. The third-order valence-electron chi connectivity index (χ3n) is 3.49. The second-order valence-electron chi connectivity index (χ2n) is 5.46. The van der Waals surface area contributed by atoms with Gasteiger partial charge in [0.1, 0.15) is 0 Å². The van der Waals surface area contributed by atoms with Crippen LogP contribution >= 0.6 is 0 Å². The van der Waals surface area contributed by atoms with Gasteiger partial charge >= 0.3 is 0 Å². The molecule has 0 unspecified atom stereocenters. The van der Waals surface area contributed by atoms with Gasteiger partial charge in [-0.2, -0.15) is 0 Å². The van der Waals surface area contributed by atoms with E-state index < -0.39 is 0 Å². The number of carbonyl (C=O) groups is 2. The van der Waals surface area contributed by atoms with Gasteiger partial charge in [0, 0.05) is 26.4 Å². The molecule has 21 heavy (non-hydrogen) atoms. The van der Waals surface area contributed by atoms with Gasteiger partial charge in [0.25, 0.3) is 0 Å². The lowest BCUT2D eigenvalue weighted by Crippen LogP contribution is -2.28. The Morgan fingerprint density at radius 2 is 1.71 bits per heavy atom. The van der Waals surface area contributed by atoms with Crippen LogP contribution in [-0.4, -0.2) is 24.9 Å². The Bertz CT molecular complexity index is 484. The van der Waals surface area contributed by atoms with E-state index in [1.807, 2.05) is 0 Å². The van der Waals surface area contributed by atoms with Crippen molar-refractivity contribution in [2.75, 3.05) is 13.1 Å². The molecule has 1 rings (SSSR count). The summed E-state index contributed by atoms with van der Waals surface area (Å²) in [5, 5.41) is 5.58. The minimum Gasteiger partial charge on any atom is -0.356 e. The summed E-state index contributed by atoms with van der Waals surface area (Å²) in [4.78, 5) is 22.3. The Kier molecular flexibility index (Phi) is 7.51. The van der Waals surface area contributed by atoms with Crippen LogP contribution in [0.25, 0.3) is 0 Å². The lowest BCUT2D eigenvalue weighted by atomic mass is 10.0. The first-order valence-corrected chi connectivity index (χ1v) is 7.56. The molecule has 4 heteroatoms. The lowest BCUT2D eigenvalue weighted by Gasteiger charge is -2.07. The first kappa shape index (κ1) is 17.2. The quantitative estimate of drug-likeness (QED) is 0.722. The number of benzene rings is 1. The minimum atomic E-state index is -0.0327. The summed E-state index contributed by atoms with van der Waals surface area (Å²) in [6, 6.07) is 6.46. The molecule has 0 atom stereocenters. The summed E-state index contributed by atoms with van der Waals surface area (Å²) in [5.74, 6) is 0.0522. The highest BCUT2D eigenvalue weighted by molar-refractivity contribution is 5.75. The molecule has 1 aromatic carbocycles. The molecule has 0 fully saturated rings. The maximum Gasteiger partial charge on any atom is 0.220 e. The zero-order valence-electron chi connectivity index (χ0n) is 13.3. The van der Waals surface area contributed by atoms with Crippen LogP contribution in [0.1, 0.15) is 42.9 Å². The van der Waals surface area contributed by atoms with E-state index in [1.54, 1.807) is 0 Å². The normalized spacial score (nSPS) is 10.2.